The largest absolute Gasteiger partial charge is 0.368 e. The molecule has 0 aliphatic carbocycles. The molecule has 4 aromatic rings. The molecule has 206 valence electrons. The van der Waals surface area contributed by atoms with Crippen molar-refractivity contribution in [3.05, 3.63) is 78.0 Å². The third-order valence-electron chi connectivity index (χ3n) is 7.19. The van der Waals surface area contributed by atoms with E-state index < -0.39 is 5.54 Å². The van der Waals surface area contributed by atoms with Crippen molar-refractivity contribution in [1.29, 1.82) is 0 Å². The molecule has 0 atom stereocenters. The number of aromatic amines is 1. The molecule has 1 aliphatic heterocycles. The lowest BCUT2D eigenvalue weighted by Crippen LogP contribution is -2.53. The van der Waals surface area contributed by atoms with Gasteiger partial charge in [0.2, 0.25) is 11.8 Å². The Hall–Kier alpha value is -4.73. The van der Waals surface area contributed by atoms with Crippen molar-refractivity contribution in [1.82, 2.24) is 30.5 Å². The number of carbonyl (C=O) groups is 3. The second kappa shape index (κ2) is 11.6. The van der Waals surface area contributed by atoms with Gasteiger partial charge in [0.25, 0.3) is 5.91 Å². The van der Waals surface area contributed by atoms with Gasteiger partial charge in [0.15, 0.2) is 5.82 Å². The molecule has 3 amide bonds. The van der Waals surface area contributed by atoms with Crippen molar-refractivity contribution in [3.63, 3.8) is 0 Å². The Bertz CT molecular complexity index is 1510. The number of benzene rings is 2. The number of hydrogen-bond acceptors (Lipinski definition) is 6. The molecular weight excluding hydrogens is 506 g/mol. The highest BCUT2D eigenvalue weighted by Gasteiger charge is 2.38. The van der Waals surface area contributed by atoms with E-state index in [1.165, 1.54) is 13.8 Å². The van der Waals surface area contributed by atoms with Gasteiger partial charge < -0.3 is 25.8 Å². The molecule has 1 fully saturated rings. The third-order valence-corrected chi connectivity index (χ3v) is 7.19. The first-order valence-electron chi connectivity index (χ1n) is 13.4. The Labute approximate surface area is 232 Å². The lowest BCUT2D eigenvalue weighted by molar-refractivity contribution is -0.121. The van der Waals surface area contributed by atoms with Crippen LogP contribution in [0, 0.1) is 0 Å². The summed E-state index contributed by atoms with van der Waals surface area (Å²) in [7, 11) is 0. The molecule has 5 rings (SSSR count). The van der Waals surface area contributed by atoms with E-state index in [0.717, 1.165) is 11.1 Å². The van der Waals surface area contributed by atoms with E-state index in [1.807, 2.05) is 65.6 Å². The summed E-state index contributed by atoms with van der Waals surface area (Å²) in [5.74, 6) is 0.776. The standard InChI is InChI=1S/C30H33N7O3/c1-20(38)31-15-16-32-27-24-19-25(33-28(24)35-26(34-27)22-9-5-3-6-10-22)29(40)37-17-13-30(14-18-37,36-21(2)39)23-11-7-4-8-12-23/h3-12,19H,13-18H2,1-2H3,(H,31,38)(H,36,39)(H2,32,33,34,35). The molecule has 0 radical (unpaired) electrons. The smallest absolute Gasteiger partial charge is 0.270 e. The summed E-state index contributed by atoms with van der Waals surface area (Å²) in [5, 5.41) is 9.90. The molecule has 2 aromatic carbocycles. The summed E-state index contributed by atoms with van der Waals surface area (Å²) in [4.78, 5) is 51.5. The van der Waals surface area contributed by atoms with E-state index in [9.17, 15) is 14.4 Å². The summed E-state index contributed by atoms with van der Waals surface area (Å²) in [5.41, 5.74) is 2.36. The predicted molar refractivity (Wildman–Crippen MR) is 154 cm³/mol. The quantitative estimate of drug-likeness (QED) is 0.254. The van der Waals surface area contributed by atoms with Crippen LogP contribution in [-0.2, 0) is 15.1 Å². The lowest BCUT2D eigenvalue weighted by atomic mass is 9.80. The van der Waals surface area contributed by atoms with Gasteiger partial charge in [0, 0.05) is 45.6 Å². The zero-order chi connectivity index (χ0) is 28.1. The first kappa shape index (κ1) is 26.9. The van der Waals surface area contributed by atoms with E-state index in [-0.39, 0.29) is 17.7 Å². The van der Waals surface area contributed by atoms with Crippen LogP contribution in [0.15, 0.2) is 66.7 Å². The van der Waals surface area contributed by atoms with Crippen molar-refractivity contribution < 1.29 is 14.4 Å². The summed E-state index contributed by atoms with van der Waals surface area (Å²) in [6.45, 7) is 4.88. The molecular formula is C30H33N7O3. The fourth-order valence-electron chi connectivity index (χ4n) is 5.24. The SMILES string of the molecule is CC(=O)NCCNc1nc(-c2ccccc2)nc2[nH]c(C(=O)N3CCC(NC(C)=O)(c4ccccc4)CC3)cc12. The molecule has 3 heterocycles. The van der Waals surface area contributed by atoms with Crippen LogP contribution in [0.3, 0.4) is 0 Å². The Morgan fingerprint density at radius 2 is 1.57 bits per heavy atom. The van der Waals surface area contributed by atoms with Crippen molar-refractivity contribution in [2.45, 2.75) is 32.2 Å². The molecule has 1 aliphatic rings. The van der Waals surface area contributed by atoms with Crippen LogP contribution in [0.25, 0.3) is 22.4 Å². The second-order valence-electron chi connectivity index (χ2n) is 10.0. The number of piperidine rings is 1. The maximum absolute atomic E-state index is 13.6. The van der Waals surface area contributed by atoms with Crippen molar-refractivity contribution in [2.75, 3.05) is 31.5 Å². The molecule has 4 N–H and O–H groups in total. The number of likely N-dealkylation sites (tertiary alicyclic amines) is 1. The number of aromatic nitrogens is 3. The Balaban J connectivity index is 1.40. The Morgan fingerprint density at radius 3 is 2.23 bits per heavy atom. The molecule has 10 heteroatoms. The van der Waals surface area contributed by atoms with Gasteiger partial charge in [-0.2, -0.15) is 0 Å². The fraction of sp³-hybridized carbons (Fsp3) is 0.300. The summed E-state index contributed by atoms with van der Waals surface area (Å²) in [6, 6.07) is 21.3. The van der Waals surface area contributed by atoms with Crippen molar-refractivity contribution in [3.8, 4) is 11.4 Å². The monoisotopic (exact) mass is 539 g/mol. The van der Waals surface area contributed by atoms with E-state index in [4.69, 9.17) is 9.97 Å². The normalized spacial score (nSPS) is 14.5. The van der Waals surface area contributed by atoms with Gasteiger partial charge in [0.05, 0.1) is 10.9 Å². The zero-order valence-corrected chi connectivity index (χ0v) is 22.7. The molecule has 1 saturated heterocycles. The molecule has 0 saturated carbocycles. The minimum atomic E-state index is -0.509. The third kappa shape index (κ3) is 5.80. The molecule has 10 nitrogen and oxygen atoms in total. The van der Waals surface area contributed by atoms with Gasteiger partial charge in [-0.1, -0.05) is 60.7 Å². The van der Waals surface area contributed by atoms with Crippen LogP contribution in [0.4, 0.5) is 5.82 Å². The molecule has 0 bridgehead atoms. The number of amides is 3. The van der Waals surface area contributed by atoms with Crippen LogP contribution in [0.1, 0.15) is 42.7 Å². The minimum Gasteiger partial charge on any atom is -0.368 e. The van der Waals surface area contributed by atoms with Gasteiger partial charge in [-0.05, 0) is 24.5 Å². The van der Waals surface area contributed by atoms with Crippen molar-refractivity contribution in [2.24, 2.45) is 0 Å². The van der Waals surface area contributed by atoms with E-state index in [0.29, 0.717) is 67.4 Å². The minimum absolute atomic E-state index is 0.0921. The number of rotatable bonds is 8. The van der Waals surface area contributed by atoms with Gasteiger partial charge in [0.1, 0.15) is 17.2 Å². The number of nitrogens with one attached hydrogen (secondary N) is 4. The lowest BCUT2D eigenvalue weighted by Gasteiger charge is -2.42. The summed E-state index contributed by atoms with van der Waals surface area (Å²) in [6.07, 6.45) is 1.22. The number of anilines is 1. The van der Waals surface area contributed by atoms with Crippen molar-refractivity contribution >= 4 is 34.6 Å². The maximum Gasteiger partial charge on any atom is 0.270 e. The van der Waals surface area contributed by atoms with Crippen LogP contribution < -0.4 is 16.0 Å². The average Bonchev–Trinajstić information content (AvgIpc) is 3.40. The summed E-state index contributed by atoms with van der Waals surface area (Å²) < 4.78 is 0. The first-order valence-corrected chi connectivity index (χ1v) is 13.4. The number of fused-ring (bicyclic) bond motifs is 1. The van der Waals surface area contributed by atoms with Crippen LogP contribution in [0.2, 0.25) is 0 Å². The van der Waals surface area contributed by atoms with E-state index >= 15 is 0 Å². The number of nitrogens with zero attached hydrogens (tertiary/aromatic N) is 3. The van der Waals surface area contributed by atoms with E-state index in [2.05, 4.69) is 20.9 Å². The number of carbonyl (C=O) groups excluding carboxylic acids is 3. The first-order chi connectivity index (χ1) is 19.3. The maximum atomic E-state index is 13.6. The Morgan fingerprint density at radius 1 is 0.900 bits per heavy atom. The Kier molecular flexibility index (Phi) is 7.77. The highest BCUT2D eigenvalue weighted by Crippen LogP contribution is 2.34. The topological polar surface area (TPSA) is 132 Å². The molecule has 2 aromatic heterocycles. The van der Waals surface area contributed by atoms with Crippen LogP contribution >= 0.6 is 0 Å². The van der Waals surface area contributed by atoms with Gasteiger partial charge in [-0.25, -0.2) is 9.97 Å². The highest BCUT2D eigenvalue weighted by molar-refractivity contribution is 6.00. The number of hydrogen-bond donors (Lipinski definition) is 4. The second-order valence-corrected chi connectivity index (χ2v) is 10.0. The van der Waals surface area contributed by atoms with Gasteiger partial charge >= 0.3 is 0 Å². The number of H-pyrrole nitrogens is 1. The molecule has 0 spiro atoms. The van der Waals surface area contributed by atoms with Crippen LogP contribution in [-0.4, -0.2) is 63.8 Å². The van der Waals surface area contributed by atoms with Crippen LogP contribution in [0.5, 0.6) is 0 Å². The zero-order valence-electron chi connectivity index (χ0n) is 22.7. The van der Waals surface area contributed by atoms with Gasteiger partial charge in [-0.15, -0.1) is 0 Å². The van der Waals surface area contributed by atoms with E-state index in [1.54, 1.807) is 6.07 Å². The molecule has 40 heavy (non-hydrogen) atoms. The van der Waals surface area contributed by atoms with Gasteiger partial charge in [-0.3, -0.25) is 14.4 Å². The predicted octanol–water partition coefficient (Wildman–Crippen LogP) is 3.44. The average molecular weight is 540 g/mol. The summed E-state index contributed by atoms with van der Waals surface area (Å²) >= 11 is 0. The molecule has 0 unspecified atom stereocenters. The fourth-order valence-corrected chi connectivity index (χ4v) is 5.24. The highest BCUT2D eigenvalue weighted by atomic mass is 16.2.